The van der Waals surface area contributed by atoms with Crippen LogP contribution in [0.3, 0.4) is 0 Å². The third kappa shape index (κ3) is 2.76. The van der Waals surface area contributed by atoms with E-state index in [9.17, 15) is 9.18 Å². The summed E-state index contributed by atoms with van der Waals surface area (Å²) in [5.74, 6) is -1.97. The van der Waals surface area contributed by atoms with Crippen LogP contribution >= 0.6 is 0 Å². The van der Waals surface area contributed by atoms with Crippen LogP contribution in [-0.2, 0) is 16.1 Å². The summed E-state index contributed by atoms with van der Waals surface area (Å²) in [4.78, 5) is 10.8. The van der Waals surface area contributed by atoms with Gasteiger partial charge in [-0.1, -0.05) is 6.07 Å². The molecule has 0 aliphatic heterocycles. The van der Waals surface area contributed by atoms with Crippen LogP contribution in [-0.4, -0.2) is 18.2 Å². The second-order valence-corrected chi connectivity index (χ2v) is 3.34. The van der Waals surface area contributed by atoms with Crippen molar-refractivity contribution in [3.8, 4) is 0 Å². The van der Waals surface area contributed by atoms with Crippen LogP contribution in [0.5, 0.6) is 0 Å². The molecule has 0 aromatic heterocycles. The Bertz CT molecular complexity index is 363. The molecule has 0 aliphatic carbocycles. The average Bonchev–Trinajstić information content (AvgIpc) is 2.17. The zero-order chi connectivity index (χ0) is 11.4. The Kier molecular flexibility index (Phi) is 3.80. The van der Waals surface area contributed by atoms with Crippen LogP contribution in [0.25, 0.3) is 0 Å². The van der Waals surface area contributed by atoms with E-state index in [0.717, 1.165) is 0 Å². The van der Waals surface area contributed by atoms with Gasteiger partial charge in [-0.3, -0.25) is 4.79 Å². The summed E-state index contributed by atoms with van der Waals surface area (Å²) in [5, 5.41) is 8.86. The number of halogens is 1. The first kappa shape index (κ1) is 11.7. The van der Waals surface area contributed by atoms with Crippen LogP contribution in [0.1, 0.15) is 24.0 Å². The Morgan fingerprint density at radius 1 is 1.60 bits per heavy atom. The van der Waals surface area contributed by atoms with Gasteiger partial charge >= 0.3 is 5.97 Å². The van der Waals surface area contributed by atoms with Gasteiger partial charge in [0, 0.05) is 7.11 Å². The van der Waals surface area contributed by atoms with Crippen LogP contribution in [0.15, 0.2) is 18.2 Å². The Labute approximate surface area is 87.5 Å². The zero-order valence-corrected chi connectivity index (χ0v) is 8.66. The number of carboxylic acids is 1. The predicted molar refractivity (Wildman–Crippen MR) is 53.2 cm³/mol. The largest absolute Gasteiger partial charge is 0.481 e. The van der Waals surface area contributed by atoms with Gasteiger partial charge in [0.25, 0.3) is 0 Å². The Morgan fingerprint density at radius 3 is 2.80 bits per heavy atom. The number of hydrogen-bond acceptors (Lipinski definition) is 2. The van der Waals surface area contributed by atoms with Crippen LogP contribution in [0.4, 0.5) is 4.39 Å². The zero-order valence-electron chi connectivity index (χ0n) is 8.66. The SMILES string of the molecule is COCc1cc(F)ccc1C(C)C(=O)O. The summed E-state index contributed by atoms with van der Waals surface area (Å²) in [7, 11) is 1.49. The summed E-state index contributed by atoms with van der Waals surface area (Å²) in [6, 6.07) is 4.05. The number of aliphatic carboxylic acids is 1. The smallest absolute Gasteiger partial charge is 0.310 e. The van der Waals surface area contributed by atoms with Gasteiger partial charge in [0.2, 0.25) is 0 Å². The minimum Gasteiger partial charge on any atom is -0.481 e. The van der Waals surface area contributed by atoms with E-state index < -0.39 is 11.9 Å². The lowest BCUT2D eigenvalue weighted by molar-refractivity contribution is -0.138. The average molecular weight is 212 g/mol. The topological polar surface area (TPSA) is 46.5 Å². The van der Waals surface area contributed by atoms with Crippen molar-refractivity contribution >= 4 is 5.97 Å². The lowest BCUT2D eigenvalue weighted by Gasteiger charge is -2.12. The van der Waals surface area contributed by atoms with E-state index in [1.54, 1.807) is 6.92 Å². The summed E-state index contributed by atoms with van der Waals surface area (Å²) >= 11 is 0. The molecule has 0 radical (unpaired) electrons. The maximum atomic E-state index is 12.9. The summed E-state index contributed by atoms with van der Waals surface area (Å²) in [6.07, 6.45) is 0. The molecule has 0 saturated heterocycles. The molecule has 0 bridgehead atoms. The molecule has 0 amide bonds. The third-order valence-electron chi connectivity index (χ3n) is 2.24. The second kappa shape index (κ2) is 4.89. The summed E-state index contributed by atoms with van der Waals surface area (Å²) in [5.41, 5.74) is 1.16. The lowest BCUT2D eigenvalue weighted by atomic mass is 9.96. The van der Waals surface area contributed by atoms with Crippen LogP contribution in [0, 0.1) is 5.82 Å². The maximum Gasteiger partial charge on any atom is 0.310 e. The predicted octanol–water partition coefficient (Wildman–Crippen LogP) is 2.16. The quantitative estimate of drug-likeness (QED) is 0.831. The Balaban J connectivity index is 3.10. The van der Waals surface area contributed by atoms with Gasteiger partial charge in [0.15, 0.2) is 0 Å². The van der Waals surface area contributed by atoms with E-state index in [1.165, 1.54) is 25.3 Å². The van der Waals surface area contributed by atoms with E-state index in [4.69, 9.17) is 9.84 Å². The van der Waals surface area contributed by atoms with Gasteiger partial charge in [-0.2, -0.15) is 0 Å². The molecular weight excluding hydrogens is 199 g/mol. The van der Waals surface area contributed by atoms with Gasteiger partial charge in [0.05, 0.1) is 12.5 Å². The number of hydrogen-bond donors (Lipinski definition) is 1. The number of methoxy groups -OCH3 is 1. The number of rotatable bonds is 4. The monoisotopic (exact) mass is 212 g/mol. The molecule has 0 heterocycles. The highest BCUT2D eigenvalue weighted by atomic mass is 19.1. The highest BCUT2D eigenvalue weighted by Crippen LogP contribution is 2.21. The molecule has 0 saturated carbocycles. The molecule has 0 spiro atoms. The van der Waals surface area contributed by atoms with Crippen LogP contribution in [0.2, 0.25) is 0 Å². The van der Waals surface area contributed by atoms with Crippen molar-refractivity contribution in [1.29, 1.82) is 0 Å². The molecule has 1 unspecified atom stereocenters. The highest BCUT2D eigenvalue weighted by molar-refractivity contribution is 5.76. The molecule has 1 rings (SSSR count). The summed E-state index contributed by atoms with van der Waals surface area (Å²) < 4.78 is 17.8. The minimum atomic E-state index is -0.932. The van der Waals surface area contributed by atoms with E-state index in [-0.39, 0.29) is 12.4 Å². The van der Waals surface area contributed by atoms with Gasteiger partial charge < -0.3 is 9.84 Å². The third-order valence-corrected chi connectivity index (χ3v) is 2.24. The molecule has 82 valence electrons. The number of ether oxygens (including phenoxy) is 1. The number of benzene rings is 1. The van der Waals surface area contributed by atoms with Gasteiger partial charge in [-0.15, -0.1) is 0 Å². The van der Waals surface area contributed by atoms with E-state index in [1.807, 2.05) is 0 Å². The first-order chi connectivity index (χ1) is 7.06. The molecule has 1 atom stereocenters. The van der Waals surface area contributed by atoms with Crippen molar-refractivity contribution in [1.82, 2.24) is 0 Å². The molecule has 3 nitrogen and oxygen atoms in total. The fraction of sp³-hybridized carbons (Fsp3) is 0.364. The second-order valence-electron chi connectivity index (χ2n) is 3.34. The molecule has 1 N–H and O–H groups in total. The molecule has 15 heavy (non-hydrogen) atoms. The van der Waals surface area contributed by atoms with Gasteiger partial charge in [-0.25, -0.2) is 4.39 Å². The first-order valence-corrected chi connectivity index (χ1v) is 4.56. The van der Waals surface area contributed by atoms with Crippen molar-refractivity contribution in [2.24, 2.45) is 0 Å². The number of carboxylic acid groups (broad SMARTS) is 1. The molecule has 1 aromatic carbocycles. The van der Waals surface area contributed by atoms with E-state index in [2.05, 4.69) is 0 Å². The normalized spacial score (nSPS) is 12.5. The van der Waals surface area contributed by atoms with Gasteiger partial charge in [-0.05, 0) is 30.2 Å². The van der Waals surface area contributed by atoms with E-state index >= 15 is 0 Å². The molecule has 1 aromatic rings. The van der Waals surface area contributed by atoms with Crippen molar-refractivity contribution < 1.29 is 19.0 Å². The molecular formula is C11H13FO3. The fourth-order valence-electron chi connectivity index (χ4n) is 1.41. The maximum absolute atomic E-state index is 12.9. The van der Waals surface area contributed by atoms with Crippen molar-refractivity contribution in [3.05, 3.63) is 35.1 Å². The van der Waals surface area contributed by atoms with Crippen molar-refractivity contribution in [2.75, 3.05) is 7.11 Å². The Hall–Kier alpha value is -1.42. The molecule has 4 heteroatoms. The fourth-order valence-corrected chi connectivity index (χ4v) is 1.41. The molecule has 0 fully saturated rings. The van der Waals surface area contributed by atoms with Crippen molar-refractivity contribution in [2.45, 2.75) is 19.4 Å². The van der Waals surface area contributed by atoms with Crippen LogP contribution < -0.4 is 0 Å². The number of carbonyl (C=O) groups is 1. The summed E-state index contributed by atoms with van der Waals surface area (Å²) in [6.45, 7) is 1.78. The van der Waals surface area contributed by atoms with Gasteiger partial charge in [0.1, 0.15) is 5.82 Å². The molecule has 0 aliphatic rings. The standard InChI is InChI=1S/C11H13FO3/c1-7(11(13)14)10-4-3-9(12)5-8(10)6-15-2/h3-5,7H,6H2,1-2H3,(H,13,14). The minimum absolute atomic E-state index is 0.213. The Morgan fingerprint density at radius 2 is 2.27 bits per heavy atom. The van der Waals surface area contributed by atoms with Crippen molar-refractivity contribution in [3.63, 3.8) is 0 Å². The van der Waals surface area contributed by atoms with E-state index in [0.29, 0.717) is 11.1 Å². The lowest BCUT2D eigenvalue weighted by Crippen LogP contribution is -2.10. The highest BCUT2D eigenvalue weighted by Gasteiger charge is 2.17. The first-order valence-electron chi connectivity index (χ1n) is 4.56.